The molecule has 1 amide bonds. The second-order valence-electron chi connectivity index (χ2n) is 7.88. The highest BCUT2D eigenvalue weighted by atomic mass is 35.5. The number of carbonyl (C=O) groups is 2. The van der Waals surface area contributed by atoms with Gasteiger partial charge in [0.1, 0.15) is 0 Å². The summed E-state index contributed by atoms with van der Waals surface area (Å²) in [5.41, 5.74) is 1.12. The van der Waals surface area contributed by atoms with Crippen LogP contribution in [-0.4, -0.2) is 44.1 Å². The van der Waals surface area contributed by atoms with Gasteiger partial charge in [0.15, 0.2) is 5.78 Å². The average molecular weight is 483 g/mol. The highest BCUT2D eigenvalue weighted by Crippen LogP contribution is 2.21. The second-order valence-corrected chi connectivity index (χ2v) is 10.0. The van der Waals surface area contributed by atoms with Crippen LogP contribution in [0.3, 0.4) is 0 Å². The first-order valence-corrected chi connectivity index (χ1v) is 12.5. The molecule has 0 aromatic heterocycles. The number of hydrogen-bond acceptors (Lipinski definition) is 4. The molecule has 0 unspecified atom stereocenters. The first-order valence-electron chi connectivity index (χ1n) is 10.6. The summed E-state index contributed by atoms with van der Waals surface area (Å²) >= 11 is 5.92. The zero-order chi connectivity index (χ0) is 23.4. The zero-order valence-electron chi connectivity index (χ0n) is 17.8. The van der Waals surface area contributed by atoms with Gasteiger partial charge in [-0.15, -0.1) is 0 Å². The van der Waals surface area contributed by atoms with Crippen LogP contribution in [0.25, 0.3) is 0 Å². The summed E-state index contributed by atoms with van der Waals surface area (Å²) in [4.78, 5) is 28.1. The molecular weight excluding hydrogens is 460 g/mol. The Morgan fingerprint density at radius 3 is 2.03 bits per heavy atom. The van der Waals surface area contributed by atoms with Crippen LogP contribution in [0.15, 0.2) is 83.8 Å². The Bertz CT molecular complexity index is 1250. The number of hydrogen-bond donors (Lipinski definition) is 1. The maximum atomic E-state index is 13.2. The van der Waals surface area contributed by atoms with Gasteiger partial charge in [-0.25, -0.2) is 13.1 Å². The highest BCUT2D eigenvalue weighted by molar-refractivity contribution is 7.89. The van der Waals surface area contributed by atoms with Gasteiger partial charge in [0, 0.05) is 35.3 Å². The fourth-order valence-corrected chi connectivity index (χ4v) is 5.33. The molecule has 170 valence electrons. The second kappa shape index (κ2) is 9.87. The van der Waals surface area contributed by atoms with Crippen LogP contribution < -0.4 is 4.72 Å². The predicted octanol–water partition coefficient (Wildman–Crippen LogP) is 4.15. The summed E-state index contributed by atoms with van der Waals surface area (Å²) in [5, 5.41) is 0.529. The lowest BCUT2D eigenvalue weighted by Crippen LogP contribution is -2.46. The maximum absolute atomic E-state index is 13.2. The molecule has 1 aliphatic rings. The molecule has 0 aliphatic carbocycles. The van der Waals surface area contributed by atoms with Crippen molar-refractivity contribution in [2.45, 2.75) is 23.8 Å². The number of halogens is 1. The van der Waals surface area contributed by atoms with Crippen molar-refractivity contribution >= 4 is 33.3 Å². The standard InChI is InChI=1S/C25H23ClN2O4S/c26-19-12-10-18(11-13-19)24(29)22-8-4-5-9-23(22)25(30)28-16-14-20(15-17-28)27-33(31,32)21-6-2-1-3-7-21/h1-13,20,27H,14-17H2. The lowest BCUT2D eigenvalue weighted by Gasteiger charge is -2.32. The minimum absolute atomic E-state index is 0.221. The van der Waals surface area contributed by atoms with E-state index in [-0.39, 0.29) is 22.6 Å². The largest absolute Gasteiger partial charge is 0.339 e. The van der Waals surface area contributed by atoms with Crippen molar-refractivity contribution in [1.82, 2.24) is 9.62 Å². The van der Waals surface area contributed by atoms with Crippen LogP contribution >= 0.6 is 11.6 Å². The van der Waals surface area contributed by atoms with Crippen molar-refractivity contribution in [2.24, 2.45) is 0 Å². The van der Waals surface area contributed by atoms with E-state index in [1.54, 1.807) is 83.8 Å². The zero-order valence-corrected chi connectivity index (χ0v) is 19.4. The Balaban J connectivity index is 1.44. The molecule has 0 spiro atoms. The van der Waals surface area contributed by atoms with E-state index in [1.807, 2.05) is 0 Å². The van der Waals surface area contributed by atoms with E-state index in [1.165, 1.54) is 0 Å². The SMILES string of the molecule is O=C(c1ccc(Cl)cc1)c1ccccc1C(=O)N1CCC(NS(=O)(=O)c2ccccc2)CC1. The van der Waals surface area contributed by atoms with Crippen LogP contribution in [0.2, 0.25) is 5.02 Å². The molecule has 3 aromatic rings. The van der Waals surface area contributed by atoms with E-state index in [0.717, 1.165) is 0 Å². The molecule has 1 fully saturated rings. The topological polar surface area (TPSA) is 83.6 Å². The van der Waals surface area contributed by atoms with Crippen molar-refractivity contribution in [3.05, 3.63) is 101 Å². The number of piperidine rings is 1. The minimum atomic E-state index is -3.61. The number of ketones is 1. The molecule has 1 heterocycles. The fourth-order valence-electron chi connectivity index (χ4n) is 3.88. The molecule has 4 rings (SSSR count). The molecule has 3 aromatic carbocycles. The van der Waals surface area contributed by atoms with Gasteiger partial charge in [0.2, 0.25) is 10.0 Å². The van der Waals surface area contributed by atoms with Crippen LogP contribution in [0.5, 0.6) is 0 Å². The Hall–Kier alpha value is -3.00. The first kappa shape index (κ1) is 23.2. The van der Waals surface area contributed by atoms with Gasteiger partial charge in [-0.05, 0) is 55.3 Å². The number of likely N-dealkylation sites (tertiary alicyclic amines) is 1. The molecule has 6 nitrogen and oxygen atoms in total. The summed E-state index contributed by atoms with van der Waals surface area (Å²) in [7, 11) is -3.61. The molecule has 8 heteroatoms. The van der Waals surface area contributed by atoms with Crippen molar-refractivity contribution in [2.75, 3.05) is 13.1 Å². The van der Waals surface area contributed by atoms with Crippen LogP contribution in [0.4, 0.5) is 0 Å². The smallest absolute Gasteiger partial charge is 0.254 e. The third-order valence-corrected chi connectivity index (χ3v) is 7.45. The number of sulfonamides is 1. The van der Waals surface area contributed by atoms with Crippen LogP contribution in [0, 0.1) is 0 Å². The fraction of sp³-hybridized carbons (Fsp3) is 0.200. The minimum Gasteiger partial charge on any atom is -0.339 e. The third-order valence-electron chi connectivity index (χ3n) is 5.67. The summed E-state index contributed by atoms with van der Waals surface area (Å²) in [5.74, 6) is -0.488. The van der Waals surface area contributed by atoms with Crippen molar-refractivity contribution < 1.29 is 18.0 Å². The molecule has 0 radical (unpaired) electrons. The monoisotopic (exact) mass is 482 g/mol. The molecular formula is C25H23ClN2O4S. The number of carbonyl (C=O) groups excluding carboxylic acids is 2. The Kier molecular flexibility index (Phi) is 6.93. The molecule has 1 N–H and O–H groups in total. The Morgan fingerprint density at radius 1 is 0.818 bits per heavy atom. The van der Waals surface area contributed by atoms with Gasteiger partial charge in [0.05, 0.1) is 10.5 Å². The lowest BCUT2D eigenvalue weighted by atomic mass is 9.96. The van der Waals surface area contributed by atoms with Gasteiger partial charge >= 0.3 is 0 Å². The molecule has 33 heavy (non-hydrogen) atoms. The molecule has 0 atom stereocenters. The van der Waals surface area contributed by atoms with Gasteiger partial charge in [-0.1, -0.05) is 48.0 Å². The summed E-state index contributed by atoms with van der Waals surface area (Å²) in [6.45, 7) is 0.786. The normalized spacial score (nSPS) is 14.8. The number of amides is 1. The van der Waals surface area contributed by atoms with E-state index in [9.17, 15) is 18.0 Å². The highest BCUT2D eigenvalue weighted by Gasteiger charge is 2.29. The van der Waals surface area contributed by atoms with E-state index >= 15 is 0 Å². The van der Waals surface area contributed by atoms with E-state index in [2.05, 4.69) is 4.72 Å². The number of rotatable bonds is 6. The number of nitrogens with one attached hydrogen (secondary N) is 1. The first-order chi connectivity index (χ1) is 15.8. The summed E-state index contributed by atoms with van der Waals surface area (Å²) < 4.78 is 27.9. The quantitative estimate of drug-likeness (QED) is 0.535. The summed E-state index contributed by atoms with van der Waals surface area (Å²) in [6, 6.07) is 21.3. The summed E-state index contributed by atoms with van der Waals surface area (Å²) in [6.07, 6.45) is 0.982. The van der Waals surface area contributed by atoms with Crippen molar-refractivity contribution in [3.63, 3.8) is 0 Å². The molecule has 1 aliphatic heterocycles. The third kappa shape index (κ3) is 5.33. The number of benzene rings is 3. The van der Waals surface area contributed by atoms with Gasteiger partial charge in [0.25, 0.3) is 5.91 Å². The van der Waals surface area contributed by atoms with Crippen molar-refractivity contribution in [3.8, 4) is 0 Å². The Morgan fingerprint density at radius 2 is 1.39 bits per heavy atom. The molecule has 0 bridgehead atoms. The van der Waals surface area contributed by atoms with Crippen molar-refractivity contribution in [1.29, 1.82) is 0 Å². The van der Waals surface area contributed by atoms with E-state index in [0.29, 0.717) is 47.6 Å². The average Bonchev–Trinajstić information content (AvgIpc) is 2.84. The van der Waals surface area contributed by atoms with Gasteiger partial charge in [-0.2, -0.15) is 0 Å². The number of nitrogens with zero attached hydrogens (tertiary/aromatic N) is 1. The van der Waals surface area contributed by atoms with E-state index < -0.39 is 10.0 Å². The Labute approximate surface area is 198 Å². The molecule has 1 saturated heterocycles. The lowest BCUT2D eigenvalue weighted by molar-refractivity contribution is 0.0707. The van der Waals surface area contributed by atoms with E-state index in [4.69, 9.17) is 11.6 Å². The predicted molar refractivity (Wildman–Crippen MR) is 127 cm³/mol. The maximum Gasteiger partial charge on any atom is 0.254 e. The van der Waals surface area contributed by atoms with Gasteiger partial charge in [-0.3, -0.25) is 9.59 Å². The molecule has 0 saturated carbocycles. The van der Waals surface area contributed by atoms with Crippen LogP contribution in [-0.2, 0) is 10.0 Å². The van der Waals surface area contributed by atoms with Crippen LogP contribution in [0.1, 0.15) is 39.1 Å². The van der Waals surface area contributed by atoms with Gasteiger partial charge < -0.3 is 4.90 Å².